The van der Waals surface area contributed by atoms with Crippen molar-refractivity contribution in [3.05, 3.63) is 11.6 Å². The summed E-state index contributed by atoms with van der Waals surface area (Å²) in [4.78, 5) is 35.4. The number of rotatable bonds is 3. The fourth-order valence-corrected chi connectivity index (χ4v) is 2.66. The topological polar surface area (TPSA) is 74.7 Å². The van der Waals surface area contributed by atoms with Gasteiger partial charge in [-0.3, -0.25) is 19.3 Å². The molecule has 1 aliphatic heterocycles. The zero-order valence-electron chi connectivity index (χ0n) is 10.4. The number of carboxylic acids is 1. The van der Waals surface area contributed by atoms with E-state index in [1.807, 2.05) is 0 Å². The predicted molar refractivity (Wildman–Crippen MR) is 63.6 cm³/mol. The van der Waals surface area contributed by atoms with Gasteiger partial charge in [0.05, 0.1) is 5.92 Å². The molecule has 1 heterocycles. The van der Waals surface area contributed by atoms with E-state index in [1.165, 1.54) is 11.0 Å². The standard InChI is InChI=1S/C13H17NO4/c1-8-6-11(15)14(12(8)16)7-9-2-4-10(5-3-9)13(17)18/h6,9-10H,2-5,7H2,1H3,(H,17,18). The lowest BCUT2D eigenvalue weighted by Gasteiger charge is -2.28. The van der Waals surface area contributed by atoms with Crippen LogP contribution < -0.4 is 0 Å². The third-order valence-electron chi connectivity index (χ3n) is 3.83. The predicted octanol–water partition coefficient (Wildman–Crippen LogP) is 1.19. The van der Waals surface area contributed by atoms with Gasteiger partial charge in [-0.1, -0.05) is 0 Å². The monoisotopic (exact) mass is 251 g/mol. The van der Waals surface area contributed by atoms with Crippen molar-refractivity contribution in [2.45, 2.75) is 32.6 Å². The Balaban J connectivity index is 1.88. The van der Waals surface area contributed by atoms with Crippen molar-refractivity contribution in [3.63, 3.8) is 0 Å². The van der Waals surface area contributed by atoms with Gasteiger partial charge in [0.1, 0.15) is 0 Å². The van der Waals surface area contributed by atoms with Crippen LogP contribution in [0.4, 0.5) is 0 Å². The maximum absolute atomic E-state index is 11.7. The fraction of sp³-hybridized carbons (Fsp3) is 0.615. The molecule has 2 rings (SSSR count). The molecule has 5 nitrogen and oxygen atoms in total. The average molecular weight is 251 g/mol. The van der Waals surface area contributed by atoms with Crippen LogP contribution in [0.2, 0.25) is 0 Å². The largest absolute Gasteiger partial charge is 0.481 e. The van der Waals surface area contributed by atoms with Crippen molar-refractivity contribution in [1.29, 1.82) is 0 Å². The molecule has 0 bridgehead atoms. The van der Waals surface area contributed by atoms with Gasteiger partial charge in [-0.15, -0.1) is 0 Å². The highest BCUT2D eigenvalue weighted by atomic mass is 16.4. The van der Waals surface area contributed by atoms with E-state index in [0.717, 1.165) is 12.8 Å². The summed E-state index contributed by atoms with van der Waals surface area (Å²) < 4.78 is 0. The molecule has 2 aliphatic rings. The first-order chi connectivity index (χ1) is 8.49. The summed E-state index contributed by atoms with van der Waals surface area (Å²) in [5, 5.41) is 8.90. The average Bonchev–Trinajstić information content (AvgIpc) is 2.57. The number of hydrogen-bond donors (Lipinski definition) is 1. The van der Waals surface area contributed by atoms with E-state index < -0.39 is 5.97 Å². The van der Waals surface area contributed by atoms with Gasteiger partial charge >= 0.3 is 5.97 Å². The summed E-state index contributed by atoms with van der Waals surface area (Å²) in [5.41, 5.74) is 0.485. The quantitative estimate of drug-likeness (QED) is 0.765. The molecule has 0 radical (unpaired) electrons. The van der Waals surface area contributed by atoms with Crippen LogP contribution >= 0.6 is 0 Å². The van der Waals surface area contributed by atoms with Crippen molar-refractivity contribution in [1.82, 2.24) is 4.90 Å². The Hall–Kier alpha value is -1.65. The molecule has 0 unspecified atom stereocenters. The molecule has 1 aliphatic carbocycles. The van der Waals surface area contributed by atoms with E-state index in [9.17, 15) is 14.4 Å². The maximum atomic E-state index is 11.7. The first-order valence-corrected chi connectivity index (χ1v) is 6.26. The van der Waals surface area contributed by atoms with E-state index >= 15 is 0 Å². The molecule has 18 heavy (non-hydrogen) atoms. The number of aliphatic carboxylic acids is 1. The highest BCUT2D eigenvalue weighted by Crippen LogP contribution is 2.30. The lowest BCUT2D eigenvalue weighted by Crippen LogP contribution is -2.37. The van der Waals surface area contributed by atoms with Gasteiger partial charge in [0.25, 0.3) is 11.8 Å². The van der Waals surface area contributed by atoms with Gasteiger partial charge in [0, 0.05) is 18.2 Å². The Morgan fingerprint density at radius 2 is 1.94 bits per heavy atom. The second-order valence-electron chi connectivity index (χ2n) is 5.14. The normalized spacial score (nSPS) is 28.5. The smallest absolute Gasteiger partial charge is 0.306 e. The van der Waals surface area contributed by atoms with Crippen LogP contribution in [0.15, 0.2) is 11.6 Å². The van der Waals surface area contributed by atoms with E-state index in [1.54, 1.807) is 6.92 Å². The Morgan fingerprint density at radius 3 is 2.39 bits per heavy atom. The Labute approximate surface area is 105 Å². The minimum absolute atomic E-state index is 0.208. The van der Waals surface area contributed by atoms with Crippen molar-refractivity contribution in [3.8, 4) is 0 Å². The molecule has 2 amide bonds. The molecular formula is C13H17NO4. The van der Waals surface area contributed by atoms with Crippen LogP contribution in [0.5, 0.6) is 0 Å². The zero-order valence-corrected chi connectivity index (χ0v) is 10.4. The van der Waals surface area contributed by atoms with Crippen LogP contribution in [-0.4, -0.2) is 34.3 Å². The van der Waals surface area contributed by atoms with Crippen molar-refractivity contribution in [2.75, 3.05) is 6.54 Å². The summed E-state index contributed by atoms with van der Waals surface area (Å²) in [5.74, 6) is -1.20. The van der Waals surface area contributed by atoms with Gasteiger partial charge in [0.2, 0.25) is 0 Å². The maximum Gasteiger partial charge on any atom is 0.306 e. The van der Waals surface area contributed by atoms with E-state index in [2.05, 4.69) is 0 Å². The summed E-state index contributed by atoms with van der Waals surface area (Å²) in [6.45, 7) is 2.07. The highest BCUT2D eigenvalue weighted by molar-refractivity contribution is 6.15. The molecule has 98 valence electrons. The lowest BCUT2D eigenvalue weighted by atomic mass is 9.82. The molecule has 1 fully saturated rings. The van der Waals surface area contributed by atoms with Gasteiger partial charge in [-0.2, -0.15) is 0 Å². The fourth-order valence-electron chi connectivity index (χ4n) is 2.66. The molecule has 1 saturated carbocycles. The minimum Gasteiger partial charge on any atom is -0.481 e. The third kappa shape index (κ3) is 2.44. The van der Waals surface area contributed by atoms with Gasteiger partial charge in [-0.05, 0) is 38.5 Å². The molecule has 5 heteroatoms. The number of imide groups is 1. The molecule has 0 atom stereocenters. The molecular weight excluding hydrogens is 234 g/mol. The Morgan fingerprint density at radius 1 is 1.33 bits per heavy atom. The van der Waals surface area contributed by atoms with Crippen LogP contribution in [0.1, 0.15) is 32.6 Å². The van der Waals surface area contributed by atoms with Crippen LogP contribution in [0.3, 0.4) is 0 Å². The zero-order chi connectivity index (χ0) is 13.3. The first kappa shape index (κ1) is 12.8. The van der Waals surface area contributed by atoms with E-state index in [-0.39, 0.29) is 23.7 Å². The number of carbonyl (C=O) groups excluding carboxylic acids is 2. The summed E-state index contributed by atoms with van der Waals surface area (Å²) >= 11 is 0. The summed E-state index contributed by atoms with van der Waals surface area (Å²) in [7, 11) is 0. The van der Waals surface area contributed by atoms with E-state index in [0.29, 0.717) is 25.0 Å². The van der Waals surface area contributed by atoms with E-state index in [4.69, 9.17) is 5.11 Å². The number of nitrogens with zero attached hydrogens (tertiary/aromatic N) is 1. The third-order valence-corrected chi connectivity index (χ3v) is 3.83. The van der Waals surface area contributed by atoms with Gasteiger partial charge in [0.15, 0.2) is 0 Å². The second kappa shape index (κ2) is 4.92. The molecule has 0 aromatic heterocycles. The van der Waals surface area contributed by atoms with Gasteiger partial charge in [-0.25, -0.2) is 0 Å². The lowest BCUT2D eigenvalue weighted by molar-refractivity contribution is -0.144. The van der Waals surface area contributed by atoms with Gasteiger partial charge < -0.3 is 5.11 Å². The number of carboxylic acid groups (broad SMARTS) is 1. The SMILES string of the molecule is CC1=CC(=O)N(CC2CCC(C(=O)O)CC2)C1=O. The highest BCUT2D eigenvalue weighted by Gasteiger charge is 2.33. The summed E-state index contributed by atoms with van der Waals surface area (Å²) in [6.07, 6.45) is 4.19. The Kier molecular flexibility index (Phi) is 3.50. The van der Waals surface area contributed by atoms with Crippen molar-refractivity contribution in [2.24, 2.45) is 11.8 Å². The van der Waals surface area contributed by atoms with Crippen molar-refractivity contribution >= 4 is 17.8 Å². The van der Waals surface area contributed by atoms with Crippen LogP contribution in [0, 0.1) is 11.8 Å². The Bertz CT molecular complexity index is 419. The summed E-state index contributed by atoms with van der Waals surface area (Å²) in [6, 6.07) is 0. The molecule has 0 aromatic carbocycles. The molecule has 0 saturated heterocycles. The number of amides is 2. The first-order valence-electron chi connectivity index (χ1n) is 6.26. The number of hydrogen-bond acceptors (Lipinski definition) is 3. The number of carbonyl (C=O) groups is 3. The molecule has 1 N–H and O–H groups in total. The second-order valence-corrected chi connectivity index (χ2v) is 5.14. The molecule has 0 spiro atoms. The van der Waals surface area contributed by atoms with Crippen molar-refractivity contribution < 1.29 is 19.5 Å². The minimum atomic E-state index is -0.737. The van der Waals surface area contributed by atoms with Crippen LogP contribution in [0.25, 0.3) is 0 Å². The van der Waals surface area contributed by atoms with Crippen LogP contribution in [-0.2, 0) is 14.4 Å². The molecule has 0 aromatic rings.